The van der Waals surface area contributed by atoms with Gasteiger partial charge in [-0.15, -0.1) is 0 Å². The van der Waals surface area contributed by atoms with Gasteiger partial charge in [-0.3, -0.25) is 24.6 Å². The summed E-state index contributed by atoms with van der Waals surface area (Å²) < 4.78 is 0. The third-order valence-corrected chi connectivity index (χ3v) is 7.14. The number of benzene rings is 1. The lowest BCUT2D eigenvalue weighted by atomic mass is 9.63. The quantitative estimate of drug-likeness (QED) is 0.750. The molecule has 1 atom stereocenters. The van der Waals surface area contributed by atoms with Crippen LogP contribution < -0.4 is 11.1 Å². The van der Waals surface area contributed by atoms with Gasteiger partial charge in [-0.05, 0) is 35.8 Å². The van der Waals surface area contributed by atoms with Crippen molar-refractivity contribution in [1.29, 1.82) is 0 Å². The molecule has 1 aromatic rings. The Morgan fingerprint density at radius 3 is 2.75 bits per heavy atom. The summed E-state index contributed by atoms with van der Waals surface area (Å²) in [4.78, 5) is 41.0. The molecule has 2 bridgehead atoms. The smallest absolute Gasteiger partial charge is 0.255 e. The van der Waals surface area contributed by atoms with Gasteiger partial charge in [0, 0.05) is 43.7 Å². The zero-order valence-corrected chi connectivity index (χ0v) is 16.2. The number of imide groups is 1. The highest BCUT2D eigenvalue weighted by Crippen LogP contribution is 2.59. The highest BCUT2D eigenvalue weighted by molar-refractivity contribution is 6.06. The Bertz CT molecular complexity index is 890. The first-order valence-electron chi connectivity index (χ1n) is 10.0. The van der Waals surface area contributed by atoms with Gasteiger partial charge < -0.3 is 10.6 Å². The van der Waals surface area contributed by atoms with Crippen LogP contribution in [0, 0.1) is 5.41 Å². The minimum Gasteiger partial charge on any atom is -0.329 e. The van der Waals surface area contributed by atoms with Gasteiger partial charge >= 0.3 is 0 Å². The molecule has 28 heavy (non-hydrogen) atoms. The van der Waals surface area contributed by atoms with Gasteiger partial charge in [0.05, 0.1) is 0 Å². The van der Waals surface area contributed by atoms with E-state index in [-0.39, 0.29) is 29.7 Å². The fourth-order valence-electron chi connectivity index (χ4n) is 6.03. The van der Waals surface area contributed by atoms with E-state index in [1.54, 1.807) is 4.90 Å². The maximum atomic E-state index is 13.2. The van der Waals surface area contributed by atoms with Crippen LogP contribution in [0.3, 0.4) is 0 Å². The predicted molar refractivity (Wildman–Crippen MR) is 102 cm³/mol. The van der Waals surface area contributed by atoms with Crippen LogP contribution in [0.5, 0.6) is 0 Å². The Kier molecular flexibility index (Phi) is 3.74. The van der Waals surface area contributed by atoms with Crippen molar-refractivity contribution in [2.24, 2.45) is 11.1 Å². The fourth-order valence-corrected chi connectivity index (χ4v) is 6.03. The topological polar surface area (TPSA) is 95.7 Å². The van der Waals surface area contributed by atoms with Crippen molar-refractivity contribution in [3.05, 3.63) is 34.9 Å². The molecule has 4 aliphatic heterocycles. The van der Waals surface area contributed by atoms with Crippen LogP contribution in [0.15, 0.2) is 18.2 Å². The lowest BCUT2D eigenvalue weighted by Crippen LogP contribution is -2.53. The molecule has 3 amide bonds. The zero-order chi connectivity index (χ0) is 19.7. The third kappa shape index (κ3) is 2.46. The number of amides is 3. The number of fused-ring (bicyclic) bond motifs is 2. The molecule has 4 fully saturated rings. The fraction of sp³-hybridized carbons (Fsp3) is 0.571. The van der Waals surface area contributed by atoms with Crippen LogP contribution in [-0.4, -0.2) is 52.2 Å². The average molecular weight is 382 g/mol. The first-order valence-corrected chi connectivity index (χ1v) is 10.0. The van der Waals surface area contributed by atoms with Gasteiger partial charge in [0.25, 0.3) is 5.91 Å². The van der Waals surface area contributed by atoms with Crippen LogP contribution in [0.1, 0.15) is 54.1 Å². The number of carbonyl (C=O) groups excluding carboxylic acids is 3. The van der Waals surface area contributed by atoms with E-state index in [2.05, 4.69) is 17.1 Å². The molecule has 1 unspecified atom stereocenters. The molecule has 0 spiro atoms. The standard InChI is InChI=1S/C21H26N4O3/c1-20-9-21(10-20,11-22)24(12-20)7-13-3-2-4-14-8-25(19(28)17(13)14)15-5-6-16(26)23-18(15)27/h2-4,15H,5-12,22H2,1H3,(H,23,26,27). The van der Waals surface area contributed by atoms with Crippen molar-refractivity contribution < 1.29 is 14.4 Å². The highest BCUT2D eigenvalue weighted by Gasteiger charge is 2.61. The summed E-state index contributed by atoms with van der Waals surface area (Å²) >= 11 is 0. The number of nitrogens with zero attached hydrogens (tertiary/aromatic N) is 2. The molecule has 0 aromatic heterocycles. The Labute approximate surface area is 164 Å². The SMILES string of the molecule is CC12CN(Cc3cccc4c3C(=O)N(C3CCC(=O)NC3=O)C4)C(CN)(C1)C2. The Hall–Kier alpha value is -2.25. The molecular formula is C21H26N4O3. The second-order valence-electron chi connectivity index (χ2n) is 9.30. The summed E-state index contributed by atoms with van der Waals surface area (Å²) in [5.41, 5.74) is 9.24. The van der Waals surface area contributed by atoms with Gasteiger partial charge in [-0.25, -0.2) is 0 Å². The first kappa shape index (κ1) is 17.8. The predicted octanol–water partition coefficient (Wildman–Crippen LogP) is 0.761. The number of nitrogens with two attached hydrogens (primary N) is 1. The normalized spacial score (nSPS) is 34.4. The summed E-state index contributed by atoms with van der Waals surface area (Å²) in [5, 5.41) is 2.36. The molecule has 4 heterocycles. The zero-order valence-electron chi connectivity index (χ0n) is 16.2. The molecule has 5 aliphatic rings. The number of nitrogens with one attached hydrogen (secondary N) is 1. The van der Waals surface area contributed by atoms with E-state index in [0.29, 0.717) is 31.5 Å². The molecular weight excluding hydrogens is 356 g/mol. The summed E-state index contributed by atoms with van der Waals surface area (Å²) in [7, 11) is 0. The van der Waals surface area contributed by atoms with Crippen molar-refractivity contribution in [2.45, 2.75) is 57.3 Å². The minimum absolute atomic E-state index is 0.0719. The van der Waals surface area contributed by atoms with E-state index in [1.807, 2.05) is 18.2 Å². The summed E-state index contributed by atoms with van der Waals surface area (Å²) in [6.45, 7) is 5.11. The molecule has 7 heteroatoms. The van der Waals surface area contributed by atoms with Crippen LogP contribution in [-0.2, 0) is 22.7 Å². The van der Waals surface area contributed by atoms with Gasteiger partial charge in [0.15, 0.2) is 0 Å². The number of carbonyl (C=O) groups is 3. The lowest BCUT2D eigenvalue weighted by molar-refractivity contribution is -0.136. The van der Waals surface area contributed by atoms with Crippen molar-refractivity contribution in [3.63, 3.8) is 0 Å². The van der Waals surface area contributed by atoms with Crippen LogP contribution in [0.25, 0.3) is 0 Å². The molecule has 148 valence electrons. The molecule has 1 aliphatic carbocycles. The second kappa shape index (κ2) is 5.87. The first-order chi connectivity index (χ1) is 13.3. The van der Waals surface area contributed by atoms with E-state index >= 15 is 0 Å². The second-order valence-corrected chi connectivity index (χ2v) is 9.30. The van der Waals surface area contributed by atoms with Crippen molar-refractivity contribution in [3.8, 4) is 0 Å². The van der Waals surface area contributed by atoms with Crippen molar-refractivity contribution >= 4 is 17.7 Å². The van der Waals surface area contributed by atoms with Crippen LogP contribution in [0.4, 0.5) is 0 Å². The summed E-state index contributed by atoms with van der Waals surface area (Å²) in [5.74, 6) is -0.728. The van der Waals surface area contributed by atoms with Gasteiger partial charge in [-0.1, -0.05) is 25.1 Å². The van der Waals surface area contributed by atoms with E-state index in [9.17, 15) is 14.4 Å². The van der Waals surface area contributed by atoms with Gasteiger partial charge in [0.1, 0.15) is 6.04 Å². The molecule has 1 aromatic carbocycles. The number of hydrogen-bond donors (Lipinski definition) is 2. The summed E-state index contributed by atoms with van der Waals surface area (Å²) in [6.07, 6.45) is 2.92. The highest BCUT2D eigenvalue weighted by atomic mass is 16.2. The largest absolute Gasteiger partial charge is 0.329 e. The molecule has 3 saturated heterocycles. The van der Waals surface area contributed by atoms with Gasteiger partial charge in [-0.2, -0.15) is 0 Å². The molecule has 1 saturated carbocycles. The Balaban J connectivity index is 1.40. The molecule has 0 radical (unpaired) electrons. The van der Waals surface area contributed by atoms with Crippen molar-refractivity contribution in [1.82, 2.24) is 15.1 Å². The van der Waals surface area contributed by atoms with E-state index < -0.39 is 6.04 Å². The average Bonchev–Trinajstić information content (AvgIpc) is 3.20. The molecule has 6 rings (SSSR count). The van der Waals surface area contributed by atoms with E-state index in [1.165, 1.54) is 0 Å². The Morgan fingerprint density at radius 2 is 2.04 bits per heavy atom. The van der Waals surface area contributed by atoms with Crippen LogP contribution >= 0.6 is 0 Å². The monoisotopic (exact) mass is 382 g/mol. The van der Waals surface area contributed by atoms with E-state index in [0.717, 1.165) is 36.1 Å². The lowest BCUT2D eigenvalue weighted by Gasteiger charge is -2.46. The third-order valence-electron chi connectivity index (χ3n) is 7.14. The maximum absolute atomic E-state index is 13.2. The molecule has 7 nitrogen and oxygen atoms in total. The maximum Gasteiger partial charge on any atom is 0.255 e. The summed E-state index contributed by atoms with van der Waals surface area (Å²) in [6, 6.07) is 5.41. The van der Waals surface area contributed by atoms with Crippen LogP contribution in [0.2, 0.25) is 0 Å². The number of hydrogen-bond acceptors (Lipinski definition) is 5. The minimum atomic E-state index is -0.570. The van der Waals surface area contributed by atoms with Gasteiger partial charge in [0.2, 0.25) is 11.8 Å². The number of rotatable bonds is 4. The van der Waals surface area contributed by atoms with Crippen molar-refractivity contribution in [2.75, 3.05) is 13.1 Å². The Morgan fingerprint density at radius 1 is 1.25 bits per heavy atom. The molecule has 3 N–H and O–H groups in total. The number of piperidine rings is 1. The van der Waals surface area contributed by atoms with E-state index in [4.69, 9.17) is 5.73 Å².